The molecule has 8 heteroatoms. The number of rotatable bonds is 4. The zero-order valence-corrected chi connectivity index (χ0v) is 13.8. The molecule has 2 atom stereocenters. The lowest BCUT2D eigenvalue weighted by Crippen LogP contribution is -2.34. The molecule has 2 heterocycles. The summed E-state index contributed by atoms with van der Waals surface area (Å²) in [7, 11) is 0. The number of nitrogens with zero attached hydrogens (tertiary/aromatic N) is 1. The van der Waals surface area contributed by atoms with Gasteiger partial charge in [0.15, 0.2) is 5.58 Å². The number of carbonyl (C=O) groups is 1. The van der Waals surface area contributed by atoms with Gasteiger partial charge in [-0.3, -0.25) is 4.79 Å². The largest absolute Gasteiger partial charge is 0.468 e. The van der Waals surface area contributed by atoms with E-state index in [0.29, 0.717) is 18.0 Å². The molecule has 25 heavy (non-hydrogen) atoms. The van der Waals surface area contributed by atoms with Crippen LogP contribution in [0.15, 0.2) is 22.6 Å². The molecule has 1 aromatic heterocycles. The maximum absolute atomic E-state index is 12.6. The van der Waals surface area contributed by atoms with E-state index in [-0.39, 0.29) is 22.9 Å². The lowest BCUT2D eigenvalue weighted by atomic mass is 9.85. The monoisotopic (exact) mass is 355 g/mol. The van der Waals surface area contributed by atoms with Gasteiger partial charge in [0.25, 0.3) is 0 Å². The molecule has 1 saturated heterocycles. The Morgan fingerprint density at radius 1 is 1.48 bits per heavy atom. The van der Waals surface area contributed by atoms with Gasteiger partial charge >= 0.3 is 12.1 Å². The van der Waals surface area contributed by atoms with E-state index in [1.807, 2.05) is 6.92 Å². The minimum absolute atomic E-state index is 0.0342. The molecule has 2 aromatic rings. The number of fused-ring (bicyclic) bond motifs is 1. The average Bonchev–Trinajstić information content (AvgIpc) is 2.99. The van der Waals surface area contributed by atoms with Crippen LogP contribution in [0, 0.1) is 11.8 Å². The molecule has 2 unspecified atom stereocenters. The van der Waals surface area contributed by atoms with Gasteiger partial charge in [0, 0.05) is 12.1 Å². The standard InChI is InChI=1S/C17H20F3N3O2/c1-10(11-3-2-6-21-9-11)7-15(24)22-12-4-5-14-13(8-12)23-16(25-14)17(18,19)20/h4-5,8,10-11,21H,2-3,6-7,9H2,1H3,(H,22,24). The van der Waals surface area contributed by atoms with Gasteiger partial charge in [-0.05, 0) is 56.0 Å². The van der Waals surface area contributed by atoms with Crippen molar-refractivity contribution in [2.75, 3.05) is 18.4 Å². The van der Waals surface area contributed by atoms with Crippen LogP contribution in [0.1, 0.15) is 32.1 Å². The molecule has 0 radical (unpaired) electrons. The molecule has 5 nitrogen and oxygen atoms in total. The van der Waals surface area contributed by atoms with E-state index in [1.54, 1.807) is 0 Å². The van der Waals surface area contributed by atoms with Crippen LogP contribution in [-0.2, 0) is 11.0 Å². The van der Waals surface area contributed by atoms with Gasteiger partial charge in [-0.2, -0.15) is 13.2 Å². The summed E-state index contributed by atoms with van der Waals surface area (Å²) in [5.41, 5.74) is 0.509. The van der Waals surface area contributed by atoms with E-state index in [4.69, 9.17) is 0 Å². The van der Waals surface area contributed by atoms with Gasteiger partial charge < -0.3 is 15.1 Å². The minimum atomic E-state index is -4.63. The maximum atomic E-state index is 12.6. The molecular formula is C17H20F3N3O2. The number of halogens is 3. The van der Waals surface area contributed by atoms with Crippen molar-refractivity contribution in [2.24, 2.45) is 11.8 Å². The molecule has 1 amide bonds. The highest BCUT2D eigenvalue weighted by molar-refractivity contribution is 5.92. The molecule has 136 valence electrons. The lowest BCUT2D eigenvalue weighted by molar-refractivity contribution is -0.156. The van der Waals surface area contributed by atoms with Crippen molar-refractivity contribution in [1.82, 2.24) is 10.3 Å². The van der Waals surface area contributed by atoms with Crippen LogP contribution in [0.5, 0.6) is 0 Å². The molecular weight excluding hydrogens is 335 g/mol. The Balaban J connectivity index is 1.64. The SMILES string of the molecule is CC(CC(=O)Nc1ccc2oc(C(F)(F)F)nc2c1)C1CCCNC1. The van der Waals surface area contributed by atoms with Crippen LogP contribution in [0.3, 0.4) is 0 Å². The second-order valence-electron chi connectivity index (χ2n) is 6.54. The Hall–Kier alpha value is -2.09. The first-order valence-corrected chi connectivity index (χ1v) is 8.31. The van der Waals surface area contributed by atoms with Gasteiger partial charge in [0.1, 0.15) is 5.52 Å². The highest BCUT2D eigenvalue weighted by atomic mass is 19.4. The van der Waals surface area contributed by atoms with Crippen molar-refractivity contribution in [3.8, 4) is 0 Å². The van der Waals surface area contributed by atoms with Crippen LogP contribution in [0.2, 0.25) is 0 Å². The van der Waals surface area contributed by atoms with Crippen molar-refractivity contribution in [1.29, 1.82) is 0 Å². The lowest BCUT2D eigenvalue weighted by Gasteiger charge is -2.28. The Morgan fingerprint density at radius 3 is 2.96 bits per heavy atom. The van der Waals surface area contributed by atoms with E-state index in [1.165, 1.54) is 18.2 Å². The summed E-state index contributed by atoms with van der Waals surface area (Å²) in [6.07, 6.45) is -2.05. The van der Waals surface area contributed by atoms with Crippen LogP contribution in [0.25, 0.3) is 11.1 Å². The maximum Gasteiger partial charge on any atom is 0.468 e. The minimum Gasteiger partial charge on any atom is -0.433 e. The Bertz CT molecular complexity index is 751. The van der Waals surface area contributed by atoms with Gasteiger partial charge in [0.05, 0.1) is 0 Å². The number of hydrogen-bond donors (Lipinski definition) is 2. The summed E-state index contributed by atoms with van der Waals surface area (Å²) in [6.45, 7) is 3.99. The first-order valence-electron chi connectivity index (χ1n) is 8.31. The Labute approximate surface area is 143 Å². The van der Waals surface area contributed by atoms with Crippen molar-refractivity contribution < 1.29 is 22.4 Å². The summed E-state index contributed by atoms with van der Waals surface area (Å²) in [5.74, 6) is -0.742. The highest BCUT2D eigenvalue weighted by Crippen LogP contribution is 2.32. The average molecular weight is 355 g/mol. The van der Waals surface area contributed by atoms with Crippen molar-refractivity contribution >= 4 is 22.7 Å². The van der Waals surface area contributed by atoms with Crippen molar-refractivity contribution in [2.45, 2.75) is 32.4 Å². The summed E-state index contributed by atoms with van der Waals surface area (Å²) < 4.78 is 42.6. The highest BCUT2D eigenvalue weighted by Gasteiger charge is 2.37. The van der Waals surface area contributed by atoms with E-state index in [9.17, 15) is 18.0 Å². The predicted molar refractivity (Wildman–Crippen MR) is 87.0 cm³/mol. The quantitative estimate of drug-likeness (QED) is 0.875. The molecule has 1 aromatic carbocycles. The van der Waals surface area contributed by atoms with Crippen LogP contribution >= 0.6 is 0 Å². The third-order valence-corrected chi connectivity index (χ3v) is 4.56. The first-order chi connectivity index (χ1) is 11.8. The number of anilines is 1. The molecule has 0 spiro atoms. The summed E-state index contributed by atoms with van der Waals surface area (Å²) in [6, 6.07) is 4.28. The third kappa shape index (κ3) is 4.31. The molecule has 1 aliphatic rings. The topological polar surface area (TPSA) is 67.2 Å². The summed E-state index contributed by atoms with van der Waals surface area (Å²) in [5, 5.41) is 6.06. The summed E-state index contributed by atoms with van der Waals surface area (Å²) in [4.78, 5) is 15.6. The molecule has 1 aliphatic heterocycles. The number of hydrogen-bond acceptors (Lipinski definition) is 4. The number of aromatic nitrogens is 1. The van der Waals surface area contributed by atoms with Gasteiger partial charge in [-0.1, -0.05) is 6.92 Å². The fourth-order valence-corrected chi connectivity index (χ4v) is 3.16. The van der Waals surface area contributed by atoms with Gasteiger partial charge in [-0.25, -0.2) is 4.98 Å². The smallest absolute Gasteiger partial charge is 0.433 e. The summed E-state index contributed by atoms with van der Waals surface area (Å²) >= 11 is 0. The Kier molecular flexibility index (Phi) is 4.99. The van der Waals surface area contributed by atoms with Gasteiger partial charge in [0.2, 0.25) is 5.91 Å². The van der Waals surface area contributed by atoms with Crippen LogP contribution in [0.4, 0.5) is 18.9 Å². The van der Waals surface area contributed by atoms with Crippen LogP contribution < -0.4 is 10.6 Å². The van der Waals surface area contributed by atoms with E-state index in [0.717, 1.165) is 25.9 Å². The van der Waals surface area contributed by atoms with E-state index in [2.05, 4.69) is 20.0 Å². The predicted octanol–water partition coefficient (Wildman–Crippen LogP) is 3.81. The van der Waals surface area contributed by atoms with Crippen molar-refractivity contribution in [3.05, 3.63) is 24.1 Å². The molecule has 1 fully saturated rings. The molecule has 2 N–H and O–H groups in total. The fraction of sp³-hybridized carbons (Fsp3) is 0.529. The number of piperidine rings is 1. The number of carbonyl (C=O) groups excluding carboxylic acids is 1. The first kappa shape index (κ1) is 17.7. The van der Waals surface area contributed by atoms with Crippen molar-refractivity contribution in [3.63, 3.8) is 0 Å². The second kappa shape index (κ2) is 7.03. The fourth-order valence-electron chi connectivity index (χ4n) is 3.16. The zero-order chi connectivity index (χ0) is 18.0. The number of alkyl halides is 3. The molecule has 0 bridgehead atoms. The second-order valence-corrected chi connectivity index (χ2v) is 6.54. The zero-order valence-electron chi connectivity index (χ0n) is 13.8. The third-order valence-electron chi connectivity index (χ3n) is 4.56. The van der Waals surface area contributed by atoms with E-state index >= 15 is 0 Å². The van der Waals surface area contributed by atoms with Gasteiger partial charge in [-0.15, -0.1) is 0 Å². The Morgan fingerprint density at radius 2 is 2.28 bits per heavy atom. The molecule has 0 saturated carbocycles. The number of amides is 1. The normalized spacial score (nSPS) is 19.8. The number of benzene rings is 1. The molecule has 0 aliphatic carbocycles. The number of oxazole rings is 1. The van der Waals surface area contributed by atoms with E-state index < -0.39 is 12.1 Å². The van der Waals surface area contributed by atoms with Crippen LogP contribution in [-0.4, -0.2) is 24.0 Å². The molecule has 3 rings (SSSR count). The number of nitrogens with one attached hydrogen (secondary N) is 2.